The summed E-state index contributed by atoms with van der Waals surface area (Å²) in [7, 11) is 0. The van der Waals surface area contributed by atoms with Gasteiger partial charge in [0, 0.05) is 12.1 Å². The minimum atomic E-state index is -0.563. The number of nitro groups is 1. The first-order valence-electron chi connectivity index (χ1n) is 5.44. The first kappa shape index (κ1) is 12.5. The molecule has 0 bridgehead atoms. The van der Waals surface area contributed by atoms with Crippen LogP contribution in [0.3, 0.4) is 0 Å². The fourth-order valence-electron chi connectivity index (χ4n) is 1.70. The maximum Gasteiger partial charge on any atom is 0.285 e. The lowest BCUT2D eigenvalue weighted by atomic mass is 10.1. The zero-order valence-corrected chi connectivity index (χ0v) is 9.81. The minimum absolute atomic E-state index is 0.129. The van der Waals surface area contributed by atoms with Crippen LogP contribution >= 0.6 is 0 Å². The highest BCUT2D eigenvalue weighted by molar-refractivity contribution is 5.37. The van der Waals surface area contributed by atoms with Crippen LogP contribution in [0.1, 0.15) is 11.1 Å². The van der Waals surface area contributed by atoms with Crippen LogP contribution in [0, 0.1) is 21.4 Å². The molecule has 0 spiro atoms. The van der Waals surface area contributed by atoms with Crippen molar-refractivity contribution in [3.63, 3.8) is 0 Å². The molecule has 0 aliphatic carbocycles. The van der Waals surface area contributed by atoms with Crippen molar-refractivity contribution >= 4 is 5.69 Å². The van der Waals surface area contributed by atoms with Crippen LogP contribution < -0.4 is 5.56 Å². The molecule has 0 unspecified atom stereocenters. The first-order chi connectivity index (χ1) is 9.11. The van der Waals surface area contributed by atoms with Crippen molar-refractivity contribution < 1.29 is 4.92 Å². The highest BCUT2D eigenvalue weighted by Crippen LogP contribution is 2.11. The quantitative estimate of drug-likeness (QED) is 0.616. The van der Waals surface area contributed by atoms with E-state index in [-0.39, 0.29) is 17.8 Å². The van der Waals surface area contributed by atoms with Gasteiger partial charge in [-0.3, -0.25) is 14.9 Å². The van der Waals surface area contributed by atoms with Crippen molar-refractivity contribution in [1.29, 1.82) is 5.26 Å². The normalized spacial score (nSPS) is 9.84. The summed E-state index contributed by atoms with van der Waals surface area (Å²) in [5.74, 6) is 0. The van der Waals surface area contributed by atoms with E-state index in [0.717, 1.165) is 12.1 Å². The lowest BCUT2D eigenvalue weighted by molar-refractivity contribution is -0.385. The second-order valence-corrected chi connectivity index (χ2v) is 3.88. The van der Waals surface area contributed by atoms with Crippen molar-refractivity contribution in [1.82, 2.24) is 4.57 Å². The van der Waals surface area contributed by atoms with E-state index in [9.17, 15) is 14.9 Å². The summed E-state index contributed by atoms with van der Waals surface area (Å²) >= 11 is 0. The molecule has 1 heterocycles. The average molecular weight is 255 g/mol. The highest BCUT2D eigenvalue weighted by atomic mass is 16.6. The molecule has 0 amide bonds. The van der Waals surface area contributed by atoms with Crippen LogP contribution in [0.15, 0.2) is 47.4 Å². The minimum Gasteiger partial charge on any atom is -0.304 e. The van der Waals surface area contributed by atoms with Crippen molar-refractivity contribution in [3.05, 3.63) is 74.2 Å². The van der Waals surface area contributed by atoms with Crippen LogP contribution in [0.2, 0.25) is 0 Å². The topological polar surface area (TPSA) is 88.9 Å². The number of benzene rings is 1. The van der Waals surface area contributed by atoms with Crippen molar-refractivity contribution in [2.45, 2.75) is 6.54 Å². The third-order valence-corrected chi connectivity index (χ3v) is 2.66. The number of aromatic nitrogens is 1. The Morgan fingerprint density at radius 1 is 1.26 bits per heavy atom. The third-order valence-electron chi connectivity index (χ3n) is 2.66. The summed E-state index contributed by atoms with van der Waals surface area (Å²) in [5, 5.41) is 19.6. The third kappa shape index (κ3) is 2.66. The molecule has 1 aromatic carbocycles. The van der Waals surface area contributed by atoms with Crippen LogP contribution in [0.25, 0.3) is 0 Å². The summed E-state index contributed by atoms with van der Waals surface area (Å²) in [5.41, 5.74) is 0.584. The molecule has 0 N–H and O–H groups in total. The van der Waals surface area contributed by atoms with Gasteiger partial charge in [-0.2, -0.15) is 5.26 Å². The molecule has 0 saturated heterocycles. The van der Waals surface area contributed by atoms with Crippen LogP contribution in [0.5, 0.6) is 0 Å². The van der Waals surface area contributed by atoms with E-state index in [1.807, 2.05) is 6.07 Å². The van der Waals surface area contributed by atoms with E-state index in [2.05, 4.69) is 0 Å². The standard InChI is InChI=1S/C13H9N3O3/c14-7-10-3-1-2-4-11(10)8-15-9-12(16(18)19)5-6-13(15)17/h1-6,9H,8H2. The van der Waals surface area contributed by atoms with Gasteiger partial charge in [-0.1, -0.05) is 18.2 Å². The molecule has 6 heteroatoms. The van der Waals surface area contributed by atoms with Crippen molar-refractivity contribution in [2.24, 2.45) is 0 Å². The van der Waals surface area contributed by atoms with E-state index in [1.165, 1.54) is 10.8 Å². The zero-order chi connectivity index (χ0) is 13.8. The number of nitrogens with zero attached hydrogens (tertiary/aromatic N) is 3. The smallest absolute Gasteiger partial charge is 0.285 e. The van der Waals surface area contributed by atoms with Crippen LogP contribution in [0.4, 0.5) is 5.69 Å². The second-order valence-electron chi connectivity index (χ2n) is 3.88. The number of hydrogen-bond donors (Lipinski definition) is 0. The van der Waals surface area contributed by atoms with Crippen molar-refractivity contribution in [2.75, 3.05) is 0 Å². The SMILES string of the molecule is N#Cc1ccccc1Cn1cc([N+](=O)[O-])ccc1=O. The fraction of sp³-hybridized carbons (Fsp3) is 0.0769. The lowest BCUT2D eigenvalue weighted by Crippen LogP contribution is -2.19. The number of nitriles is 1. The van der Waals surface area contributed by atoms with E-state index in [1.54, 1.807) is 24.3 Å². The molecule has 0 aliphatic rings. The molecular weight excluding hydrogens is 246 g/mol. The first-order valence-corrected chi connectivity index (χ1v) is 5.44. The maximum absolute atomic E-state index is 11.7. The molecule has 0 fully saturated rings. The predicted molar refractivity (Wildman–Crippen MR) is 67.6 cm³/mol. The fourth-order valence-corrected chi connectivity index (χ4v) is 1.70. The van der Waals surface area contributed by atoms with Crippen LogP contribution in [-0.4, -0.2) is 9.49 Å². The van der Waals surface area contributed by atoms with Crippen molar-refractivity contribution in [3.8, 4) is 6.07 Å². The van der Waals surface area contributed by atoms with E-state index >= 15 is 0 Å². The molecule has 0 aliphatic heterocycles. The maximum atomic E-state index is 11.7. The average Bonchev–Trinajstić information content (AvgIpc) is 2.41. The van der Waals surface area contributed by atoms with Gasteiger partial charge in [-0.05, 0) is 11.6 Å². The number of pyridine rings is 1. The largest absolute Gasteiger partial charge is 0.304 e. The molecule has 19 heavy (non-hydrogen) atoms. The van der Waals surface area contributed by atoms with Gasteiger partial charge >= 0.3 is 0 Å². The molecule has 0 atom stereocenters. The van der Waals surface area contributed by atoms with Gasteiger partial charge in [-0.15, -0.1) is 0 Å². The monoisotopic (exact) mass is 255 g/mol. The van der Waals surface area contributed by atoms with Gasteiger partial charge in [0.1, 0.15) is 0 Å². The molecule has 2 rings (SSSR count). The summed E-state index contributed by atoms with van der Waals surface area (Å²) in [4.78, 5) is 21.8. The van der Waals surface area contributed by atoms with Gasteiger partial charge in [0.2, 0.25) is 0 Å². The second kappa shape index (κ2) is 5.14. The van der Waals surface area contributed by atoms with Gasteiger partial charge in [0.25, 0.3) is 11.2 Å². The number of rotatable bonds is 3. The van der Waals surface area contributed by atoms with E-state index in [0.29, 0.717) is 11.1 Å². The van der Waals surface area contributed by atoms with E-state index < -0.39 is 4.92 Å². The molecule has 6 nitrogen and oxygen atoms in total. The summed E-state index contributed by atoms with van der Waals surface area (Å²) in [6, 6.07) is 11.1. The summed E-state index contributed by atoms with van der Waals surface area (Å²) in [6.07, 6.45) is 1.18. The molecule has 0 radical (unpaired) electrons. The Labute approximate surface area is 108 Å². The predicted octanol–water partition coefficient (Wildman–Crippen LogP) is 1.68. The highest BCUT2D eigenvalue weighted by Gasteiger charge is 2.09. The van der Waals surface area contributed by atoms with E-state index in [4.69, 9.17) is 5.26 Å². The number of hydrogen-bond acceptors (Lipinski definition) is 4. The Kier molecular flexibility index (Phi) is 3.39. The lowest BCUT2D eigenvalue weighted by Gasteiger charge is -2.06. The molecule has 2 aromatic rings. The van der Waals surface area contributed by atoms with Gasteiger partial charge in [0.15, 0.2) is 0 Å². The van der Waals surface area contributed by atoms with Crippen LogP contribution in [-0.2, 0) is 6.54 Å². The Balaban J connectivity index is 2.44. The zero-order valence-electron chi connectivity index (χ0n) is 9.81. The van der Waals surface area contributed by atoms with Gasteiger partial charge in [-0.25, -0.2) is 0 Å². The van der Waals surface area contributed by atoms with Gasteiger partial charge in [0.05, 0.1) is 29.3 Å². The Bertz CT molecular complexity index is 728. The summed E-state index contributed by atoms with van der Waals surface area (Å²) < 4.78 is 1.22. The Morgan fingerprint density at radius 2 is 2.00 bits per heavy atom. The molecule has 1 aromatic heterocycles. The Morgan fingerprint density at radius 3 is 2.68 bits per heavy atom. The molecule has 94 valence electrons. The Hall–Kier alpha value is -2.94. The summed E-state index contributed by atoms with van der Waals surface area (Å²) in [6.45, 7) is 0.129. The molecular formula is C13H9N3O3. The van der Waals surface area contributed by atoms with Gasteiger partial charge < -0.3 is 4.57 Å². The molecule has 0 saturated carbocycles.